The monoisotopic (exact) mass is 421 g/mol. The molecule has 9 heteroatoms. The summed E-state index contributed by atoms with van der Waals surface area (Å²) < 4.78 is 11.8. The van der Waals surface area contributed by atoms with Gasteiger partial charge in [-0.1, -0.05) is 47.7 Å². The lowest BCUT2D eigenvalue weighted by atomic mass is 10.2. The Morgan fingerprint density at radius 2 is 1.87 bits per heavy atom. The van der Waals surface area contributed by atoms with Crippen LogP contribution >= 0.6 is 11.3 Å². The molecule has 150 valence electrons. The van der Waals surface area contributed by atoms with Crippen molar-refractivity contribution in [2.24, 2.45) is 0 Å². The second-order valence-electron chi connectivity index (χ2n) is 6.25. The van der Waals surface area contributed by atoms with Crippen LogP contribution in [0.15, 0.2) is 58.1 Å². The second kappa shape index (κ2) is 7.88. The molecule has 0 saturated carbocycles. The summed E-state index contributed by atoms with van der Waals surface area (Å²) in [5, 5.41) is 4.22. The van der Waals surface area contributed by atoms with Crippen LogP contribution in [0, 0.1) is 0 Å². The van der Waals surface area contributed by atoms with Gasteiger partial charge >= 0.3 is 11.5 Å². The summed E-state index contributed by atoms with van der Waals surface area (Å²) in [6.45, 7) is 1.30. The second-order valence-corrected chi connectivity index (χ2v) is 7.25. The third-order valence-corrected chi connectivity index (χ3v) is 5.13. The predicted octanol–water partition coefficient (Wildman–Crippen LogP) is 1.66. The first-order valence-corrected chi connectivity index (χ1v) is 9.65. The van der Waals surface area contributed by atoms with Crippen LogP contribution in [0.3, 0.4) is 0 Å². The summed E-state index contributed by atoms with van der Waals surface area (Å²) in [5.74, 6) is 0.166. The van der Waals surface area contributed by atoms with E-state index in [4.69, 9.17) is 9.47 Å². The minimum Gasteiger partial charge on any atom is -0.493 e. The van der Waals surface area contributed by atoms with E-state index in [1.54, 1.807) is 48.5 Å². The van der Waals surface area contributed by atoms with Gasteiger partial charge in [-0.05, 0) is 23.8 Å². The Morgan fingerprint density at radius 3 is 2.57 bits per heavy atom. The molecule has 0 aliphatic carbocycles. The number of aromatic nitrogens is 3. The molecule has 4 aromatic rings. The van der Waals surface area contributed by atoms with E-state index in [1.165, 1.54) is 14.0 Å². The molecule has 30 heavy (non-hydrogen) atoms. The van der Waals surface area contributed by atoms with E-state index in [2.05, 4.69) is 10.1 Å². The van der Waals surface area contributed by atoms with Crippen LogP contribution in [0.2, 0.25) is 0 Å². The maximum atomic E-state index is 12.8. The Morgan fingerprint density at radius 1 is 1.10 bits per heavy atom. The smallest absolute Gasteiger partial charge is 0.308 e. The van der Waals surface area contributed by atoms with E-state index in [-0.39, 0.29) is 22.0 Å². The molecule has 0 bridgehead atoms. The van der Waals surface area contributed by atoms with Crippen LogP contribution < -0.4 is 25.1 Å². The number of carbonyl (C=O) groups excluding carboxylic acids is 1. The lowest BCUT2D eigenvalue weighted by Crippen LogP contribution is -2.26. The van der Waals surface area contributed by atoms with Gasteiger partial charge in [0, 0.05) is 12.5 Å². The molecule has 0 aliphatic heterocycles. The molecule has 8 nitrogen and oxygen atoms in total. The molecule has 0 atom stereocenters. The van der Waals surface area contributed by atoms with Crippen molar-refractivity contribution in [1.82, 2.24) is 14.6 Å². The van der Waals surface area contributed by atoms with Crippen molar-refractivity contribution < 1.29 is 14.3 Å². The Kier molecular flexibility index (Phi) is 5.11. The molecular formula is C21H15N3O5S. The summed E-state index contributed by atoms with van der Waals surface area (Å²) in [6, 6.07) is 13.8. The van der Waals surface area contributed by atoms with Gasteiger partial charge in [0.1, 0.15) is 0 Å². The van der Waals surface area contributed by atoms with Gasteiger partial charge in [-0.15, -0.1) is 0 Å². The van der Waals surface area contributed by atoms with Gasteiger partial charge in [-0.25, -0.2) is 0 Å². The quantitative estimate of drug-likeness (QED) is 0.365. The zero-order chi connectivity index (χ0) is 21.3. The Bertz CT molecular complexity index is 1430. The molecule has 0 N–H and O–H groups in total. The Labute approximate surface area is 173 Å². The highest BCUT2D eigenvalue weighted by Crippen LogP contribution is 2.28. The third kappa shape index (κ3) is 3.70. The molecule has 0 aliphatic rings. The molecule has 2 aromatic carbocycles. The van der Waals surface area contributed by atoms with Crippen molar-refractivity contribution in [3.8, 4) is 22.8 Å². The summed E-state index contributed by atoms with van der Waals surface area (Å²) in [7, 11) is 1.45. The van der Waals surface area contributed by atoms with Crippen molar-refractivity contribution in [2.45, 2.75) is 6.92 Å². The predicted molar refractivity (Wildman–Crippen MR) is 112 cm³/mol. The molecular weight excluding hydrogens is 406 g/mol. The Balaban J connectivity index is 1.83. The van der Waals surface area contributed by atoms with Gasteiger partial charge in [-0.3, -0.25) is 14.4 Å². The van der Waals surface area contributed by atoms with Crippen molar-refractivity contribution in [2.75, 3.05) is 7.11 Å². The molecule has 2 aromatic heterocycles. The highest BCUT2D eigenvalue weighted by molar-refractivity contribution is 7.15. The maximum absolute atomic E-state index is 12.8. The van der Waals surface area contributed by atoms with E-state index in [0.717, 1.165) is 15.9 Å². The van der Waals surface area contributed by atoms with E-state index in [0.29, 0.717) is 21.4 Å². The number of carbonyl (C=O) groups is 1. The average molecular weight is 421 g/mol. The van der Waals surface area contributed by atoms with Gasteiger partial charge in [0.15, 0.2) is 17.2 Å². The molecule has 0 amide bonds. The molecule has 0 unspecified atom stereocenters. The third-order valence-electron chi connectivity index (χ3n) is 4.17. The fourth-order valence-electron chi connectivity index (χ4n) is 2.85. The fraction of sp³-hybridized carbons (Fsp3) is 0.0952. The van der Waals surface area contributed by atoms with Gasteiger partial charge < -0.3 is 9.47 Å². The largest absolute Gasteiger partial charge is 0.493 e. The van der Waals surface area contributed by atoms with E-state index in [9.17, 15) is 14.4 Å². The normalized spacial score (nSPS) is 11.6. The molecule has 4 rings (SSSR count). The molecule has 0 fully saturated rings. The van der Waals surface area contributed by atoms with E-state index >= 15 is 0 Å². The minimum atomic E-state index is -0.499. The van der Waals surface area contributed by atoms with Crippen LogP contribution in [-0.2, 0) is 4.79 Å². The van der Waals surface area contributed by atoms with Crippen LogP contribution in [0.25, 0.3) is 22.3 Å². The summed E-state index contributed by atoms with van der Waals surface area (Å²) >= 11 is 1.06. The SMILES string of the molecule is COc1cc(C=c2sc3nc(=O)c(-c4ccccc4)nn3c2=O)ccc1OC(C)=O. The van der Waals surface area contributed by atoms with Gasteiger partial charge in [0.2, 0.25) is 4.96 Å². The number of fused-ring (bicyclic) bond motifs is 1. The zero-order valence-corrected chi connectivity index (χ0v) is 16.8. The molecule has 0 radical (unpaired) electrons. The number of methoxy groups -OCH3 is 1. The Hall–Kier alpha value is -3.85. The lowest BCUT2D eigenvalue weighted by molar-refractivity contribution is -0.132. The number of hydrogen-bond donors (Lipinski definition) is 0. The fourth-order valence-corrected chi connectivity index (χ4v) is 3.75. The number of thiazole rings is 1. The summed E-state index contributed by atoms with van der Waals surface area (Å²) in [5.41, 5.74) is 0.468. The topological polar surface area (TPSA) is 99.9 Å². The molecule has 0 spiro atoms. The van der Waals surface area contributed by atoms with Crippen molar-refractivity contribution in [3.05, 3.63) is 79.3 Å². The first-order valence-electron chi connectivity index (χ1n) is 8.84. The summed E-state index contributed by atoms with van der Waals surface area (Å²) in [4.78, 5) is 40.6. The highest BCUT2D eigenvalue weighted by atomic mass is 32.1. The molecule has 0 saturated heterocycles. The number of esters is 1. The van der Waals surface area contributed by atoms with Crippen LogP contribution in [0.5, 0.6) is 11.5 Å². The van der Waals surface area contributed by atoms with Crippen molar-refractivity contribution >= 4 is 28.3 Å². The van der Waals surface area contributed by atoms with E-state index < -0.39 is 11.5 Å². The van der Waals surface area contributed by atoms with Gasteiger partial charge in [0.05, 0.1) is 11.6 Å². The molecule has 2 heterocycles. The van der Waals surface area contributed by atoms with Crippen LogP contribution in [-0.4, -0.2) is 27.7 Å². The first kappa shape index (κ1) is 19.5. The van der Waals surface area contributed by atoms with E-state index in [1.807, 2.05) is 6.07 Å². The maximum Gasteiger partial charge on any atom is 0.308 e. The number of rotatable bonds is 4. The number of ether oxygens (including phenoxy) is 2. The average Bonchev–Trinajstić information content (AvgIpc) is 3.03. The minimum absolute atomic E-state index is 0.113. The summed E-state index contributed by atoms with van der Waals surface area (Å²) in [6.07, 6.45) is 1.64. The van der Waals surface area contributed by atoms with Gasteiger partial charge in [-0.2, -0.15) is 14.6 Å². The standard InChI is InChI=1S/C21H15N3O5S/c1-12(25)29-15-9-8-13(10-16(15)28-2)11-17-20(27)24-21(30-17)22-19(26)18(23-24)14-6-4-3-5-7-14/h3-11H,1-2H3. The van der Waals surface area contributed by atoms with Crippen LogP contribution in [0.4, 0.5) is 0 Å². The van der Waals surface area contributed by atoms with Gasteiger partial charge in [0.25, 0.3) is 5.56 Å². The van der Waals surface area contributed by atoms with Crippen molar-refractivity contribution in [1.29, 1.82) is 0 Å². The number of hydrogen-bond acceptors (Lipinski definition) is 8. The van der Waals surface area contributed by atoms with Crippen molar-refractivity contribution in [3.63, 3.8) is 0 Å². The zero-order valence-electron chi connectivity index (χ0n) is 16.0. The highest BCUT2D eigenvalue weighted by Gasteiger charge is 2.13. The number of benzene rings is 2. The van der Waals surface area contributed by atoms with Crippen LogP contribution in [0.1, 0.15) is 12.5 Å². The first-order chi connectivity index (χ1) is 14.5. The number of nitrogens with zero attached hydrogens (tertiary/aromatic N) is 3. The lowest BCUT2D eigenvalue weighted by Gasteiger charge is -2.08.